The van der Waals surface area contributed by atoms with Crippen LogP contribution in [0.15, 0.2) is 22.7 Å². The van der Waals surface area contributed by atoms with E-state index in [1.54, 1.807) is 0 Å². The molecule has 3 nitrogen and oxygen atoms in total. The molecule has 14 heavy (non-hydrogen) atoms. The molecule has 0 bridgehead atoms. The lowest BCUT2D eigenvalue weighted by Crippen LogP contribution is -1.93. The van der Waals surface area contributed by atoms with Crippen LogP contribution in [0.4, 0.5) is 0 Å². The van der Waals surface area contributed by atoms with Crippen molar-refractivity contribution in [3.63, 3.8) is 0 Å². The standard InChI is InChI=1S/C10H10BrNO2/c11-8-5-10-9(13-6-14-10)4-7(8)2-1-3-12/h1-2,4-5H,3,6,12H2/b2-1+. The Morgan fingerprint density at radius 3 is 2.79 bits per heavy atom. The van der Waals surface area contributed by atoms with Gasteiger partial charge in [0.2, 0.25) is 6.79 Å². The fourth-order valence-electron chi connectivity index (χ4n) is 1.26. The molecule has 0 spiro atoms. The summed E-state index contributed by atoms with van der Waals surface area (Å²) in [6, 6.07) is 3.83. The van der Waals surface area contributed by atoms with Crippen molar-refractivity contribution < 1.29 is 9.47 Å². The highest BCUT2D eigenvalue weighted by molar-refractivity contribution is 9.10. The predicted molar refractivity (Wildman–Crippen MR) is 58.4 cm³/mol. The van der Waals surface area contributed by atoms with E-state index in [1.807, 2.05) is 24.3 Å². The van der Waals surface area contributed by atoms with Crippen LogP contribution in [0.3, 0.4) is 0 Å². The van der Waals surface area contributed by atoms with Gasteiger partial charge in [-0.3, -0.25) is 0 Å². The third-order valence-corrected chi connectivity index (χ3v) is 2.61. The van der Waals surface area contributed by atoms with Crippen molar-refractivity contribution in [2.24, 2.45) is 5.73 Å². The Hall–Kier alpha value is -1.00. The Morgan fingerprint density at radius 1 is 1.36 bits per heavy atom. The molecule has 0 atom stereocenters. The van der Waals surface area contributed by atoms with Crippen LogP contribution in [-0.4, -0.2) is 13.3 Å². The average molecular weight is 256 g/mol. The quantitative estimate of drug-likeness (QED) is 0.881. The average Bonchev–Trinajstić information content (AvgIpc) is 2.61. The number of nitrogens with two attached hydrogens (primary N) is 1. The zero-order valence-corrected chi connectivity index (χ0v) is 9.08. The van der Waals surface area contributed by atoms with E-state index in [0.717, 1.165) is 21.5 Å². The number of benzene rings is 1. The van der Waals surface area contributed by atoms with Crippen LogP contribution in [-0.2, 0) is 0 Å². The first-order chi connectivity index (χ1) is 6.81. The molecule has 2 N–H and O–H groups in total. The van der Waals surface area contributed by atoms with Gasteiger partial charge in [0.05, 0.1) is 0 Å². The van der Waals surface area contributed by atoms with E-state index < -0.39 is 0 Å². The molecule has 1 aliphatic rings. The van der Waals surface area contributed by atoms with Gasteiger partial charge in [0.25, 0.3) is 0 Å². The Labute approximate surface area is 90.6 Å². The van der Waals surface area contributed by atoms with Crippen molar-refractivity contribution in [2.75, 3.05) is 13.3 Å². The molecule has 0 amide bonds. The highest BCUT2D eigenvalue weighted by Crippen LogP contribution is 2.37. The minimum Gasteiger partial charge on any atom is -0.454 e. The van der Waals surface area contributed by atoms with E-state index in [0.29, 0.717) is 13.3 Å². The Balaban J connectivity index is 2.37. The molecule has 1 aromatic carbocycles. The first-order valence-corrected chi connectivity index (χ1v) is 5.06. The van der Waals surface area contributed by atoms with Crippen molar-refractivity contribution >= 4 is 22.0 Å². The van der Waals surface area contributed by atoms with E-state index >= 15 is 0 Å². The van der Waals surface area contributed by atoms with E-state index in [1.165, 1.54) is 0 Å². The van der Waals surface area contributed by atoms with Crippen molar-refractivity contribution in [2.45, 2.75) is 0 Å². The number of halogens is 1. The number of fused-ring (bicyclic) bond motifs is 1. The molecule has 0 aromatic heterocycles. The van der Waals surface area contributed by atoms with Crippen LogP contribution in [0.1, 0.15) is 5.56 Å². The van der Waals surface area contributed by atoms with Gasteiger partial charge >= 0.3 is 0 Å². The van der Waals surface area contributed by atoms with Gasteiger partial charge in [-0.2, -0.15) is 0 Å². The minimum absolute atomic E-state index is 0.297. The third kappa shape index (κ3) is 1.76. The summed E-state index contributed by atoms with van der Waals surface area (Å²) in [5.74, 6) is 1.56. The summed E-state index contributed by atoms with van der Waals surface area (Å²) in [5, 5.41) is 0. The molecule has 0 radical (unpaired) electrons. The molecule has 0 saturated heterocycles. The van der Waals surface area contributed by atoms with Crippen molar-refractivity contribution in [1.29, 1.82) is 0 Å². The summed E-state index contributed by atoms with van der Waals surface area (Å²) in [5.41, 5.74) is 6.42. The predicted octanol–water partition coefficient (Wildman–Crippen LogP) is 2.15. The fourth-order valence-corrected chi connectivity index (χ4v) is 1.71. The second kappa shape index (κ2) is 4.02. The van der Waals surface area contributed by atoms with Crippen molar-refractivity contribution in [1.82, 2.24) is 0 Å². The van der Waals surface area contributed by atoms with E-state index in [4.69, 9.17) is 15.2 Å². The number of rotatable bonds is 2. The maximum absolute atomic E-state index is 5.38. The van der Waals surface area contributed by atoms with Gasteiger partial charge in [-0.25, -0.2) is 0 Å². The van der Waals surface area contributed by atoms with Gasteiger partial charge in [0.1, 0.15) is 0 Å². The molecule has 0 unspecified atom stereocenters. The van der Waals surface area contributed by atoms with Crippen LogP contribution in [0.2, 0.25) is 0 Å². The van der Waals surface area contributed by atoms with Gasteiger partial charge in [-0.1, -0.05) is 28.1 Å². The first kappa shape index (κ1) is 9.55. The Kier molecular flexibility index (Phi) is 2.74. The molecule has 74 valence electrons. The summed E-state index contributed by atoms with van der Waals surface area (Å²) in [7, 11) is 0. The first-order valence-electron chi connectivity index (χ1n) is 4.27. The zero-order valence-electron chi connectivity index (χ0n) is 7.50. The van der Waals surface area contributed by atoms with Crippen LogP contribution < -0.4 is 15.2 Å². The molecule has 2 rings (SSSR count). The van der Waals surface area contributed by atoms with Crippen LogP contribution in [0, 0.1) is 0 Å². The van der Waals surface area contributed by atoms with Crippen molar-refractivity contribution in [3.8, 4) is 11.5 Å². The molecule has 0 fully saturated rings. The topological polar surface area (TPSA) is 44.5 Å². The molecular weight excluding hydrogens is 246 g/mol. The smallest absolute Gasteiger partial charge is 0.231 e. The van der Waals surface area contributed by atoms with Gasteiger partial charge in [-0.05, 0) is 17.7 Å². The van der Waals surface area contributed by atoms with Crippen LogP contribution in [0.25, 0.3) is 6.08 Å². The highest BCUT2D eigenvalue weighted by atomic mass is 79.9. The van der Waals surface area contributed by atoms with Crippen LogP contribution in [0.5, 0.6) is 11.5 Å². The Bertz CT molecular complexity index is 377. The zero-order chi connectivity index (χ0) is 9.97. The van der Waals surface area contributed by atoms with Gasteiger partial charge < -0.3 is 15.2 Å². The molecule has 0 aliphatic carbocycles. The van der Waals surface area contributed by atoms with Crippen molar-refractivity contribution in [3.05, 3.63) is 28.2 Å². The molecule has 1 aromatic rings. The molecule has 0 saturated carbocycles. The SMILES string of the molecule is NC/C=C/c1cc2c(cc1Br)OCO2. The van der Waals surface area contributed by atoms with Crippen LogP contribution >= 0.6 is 15.9 Å². The number of ether oxygens (including phenoxy) is 2. The highest BCUT2D eigenvalue weighted by Gasteiger charge is 2.14. The molecular formula is C10H10BrNO2. The summed E-state index contributed by atoms with van der Waals surface area (Å²) in [6.07, 6.45) is 3.84. The molecule has 4 heteroatoms. The third-order valence-electron chi connectivity index (χ3n) is 1.93. The largest absolute Gasteiger partial charge is 0.454 e. The lowest BCUT2D eigenvalue weighted by Gasteiger charge is -2.01. The van der Waals surface area contributed by atoms with Gasteiger partial charge in [0.15, 0.2) is 11.5 Å². The lowest BCUT2D eigenvalue weighted by atomic mass is 10.2. The monoisotopic (exact) mass is 255 g/mol. The van der Waals surface area contributed by atoms with Gasteiger partial charge in [-0.15, -0.1) is 0 Å². The molecule has 1 heterocycles. The molecule has 1 aliphatic heterocycles. The maximum Gasteiger partial charge on any atom is 0.231 e. The second-order valence-corrected chi connectivity index (χ2v) is 3.72. The summed E-state index contributed by atoms with van der Waals surface area (Å²) < 4.78 is 11.5. The Morgan fingerprint density at radius 2 is 2.07 bits per heavy atom. The van der Waals surface area contributed by atoms with E-state index in [2.05, 4.69) is 15.9 Å². The lowest BCUT2D eigenvalue weighted by molar-refractivity contribution is 0.174. The van der Waals surface area contributed by atoms with E-state index in [-0.39, 0.29) is 0 Å². The summed E-state index contributed by atoms with van der Waals surface area (Å²) in [4.78, 5) is 0. The normalized spacial score (nSPS) is 13.9. The number of hydrogen-bond donors (Lipinski definition) is 1. The number of hydrogen-bond acceptors (Lipinski definition) is 3. The van der Waals surface area contributed by atoms with Gasteiger partial charge in [0, 0.05) is 11.0 Å². The minimum atomic E-state index is 0.297. The summed E-state index contributed by atoms with van der Waals surface area (Å²) in [6.45, 7) is 0.826. The van der Waals surface area contributed by atoms with E-state index in [9.17, 15) is 0 Å². The maximum atomic E-state index is 5.38. The summed E-state index contributed by atoms with van der Waals surface area (Å²) >= 11 is 3.45. The fraction of sp³-hybridized carbons (Fsp3) is 0.200. The second-order valence-electron chi connectivity index (χ2n) is 2.87.